The average Bonchev–Trinajstić information content (AvgIpc) is 2.80. The van der Waals surface area contributed by atoms with Gasteiger partial charge in [-0.25, -0.2) is 5.57 Å². The van der Waals surface area contributed by atoms with E-state index in [2.05, 4.69) is 81.9 Å². The maximum absolute atomic E-state index is 3.99. The number of halogens is 3. The molecule has 0 heterocycles. The Hall–Kier alpha value is 0.501. The van der Waals surface area contributed by atoms with Crippen LogP contribution in [0.25, 0.3) is 0 Å². The van der Waals surface area contributed by atoms with E-state index in [1.54, 1.807) is 21.9 Å². The van der Waals surface area contributed by atoms with E-state index in [1.165, 1.54) is 46.7 Å². The molecule has 0 fully saturated rings. The fourth-order valence-corrected chi connectivity index (χ4v) is 11.1. The number of unbranched alkanes of at least 4 members (excludes halogenated alkanes) is 1. The largest absolute Gasteiger partial charge is 4.00 e. The molecular formula is C25H39Cl3SiTi. The van der Waals surface area contributed by atoms with Crippen LogP contribution in [0.2, 0.25) is 17.6 Å². The summed E-state index contributed by atoms with van der Waals surface area (Å²) in [5.41, 5.74) is 12.0. The molecule has 5 heteroatoms. The van der Waals surface area contributed by atoms with E-state index in [1.807, 2.05) is 0 Å². The molecule has 0 aromatic heterocycles. The summed E-state index contributed by atoms with van der Waals surface area (Å²) < 4.78 is 0. The van der Waals surface area contributed by atoms with Crippen molar-refractivity contribution >= 4 is 13.3 Å². The Kier molecular flexibility index (Phi) is 14.8. The van der Waals surface area contributed by atoms with E-state index in [0.29, 0.717) is 0 Å². The van der Waals surface area contributed by atoms with Gasteiger partial charge in [0.2, 0.25) is 0 Å². The van der Waals surface area contributed by atoms with Crippen LogP contribution in [-0.4, -0.2) is 8.07 Å². The Labute approximate surface area is 221 Å². The van der Waals surface area contributed by atoms with E-state index in [4.69, 9.17) is 0 Å². The summed E-state index contributed by atoms with van der Waals surface area (Å²) in [6, 6.07) is 1.34. The van der Waals surface area contributed by atoms with Gasteiger partial charge in [0.1, 0.15) is 0 Å². The van der Waals surface area contributed by atoms with E-state index in [9.17, 15) is 0 Å². The number of rotatable bonds is 5. The quantitative estimate of drug-likeness (QED) is 0.316. The van der Waals surface area contributed by atoms with Crippen LogP contribution in [0.1, 0.15) is 75.3 Å². The van der Waals surface area contributed by atoms with Crippen molar-refractivity contribution in [2.24, 2.45) is 0 Å². The molecule has 0 radical (unpaired) electrons. The van der Waals surface area contributed by atoms with Crippen LogP contribution < -0.4 is 42.4 Å². The molecule has 30 heavy (non-hydrogen) atoms. The van der Waals surface area contributed by atoms with Gasteiger partial charge in [0.05, 0.1) is 8.07 Å². The van der Waals surface area contributed by atoms with E-state index < -0.39 is 8.07 Å². The SMILES string of the molecule is CCCC[Si](C)(c1c(C)c(C)c(C)c(C)c1C)C1(C)[C-]=C(C)C(C)=C1C.[Cl-].[Cl-].[Cl-].[Ti+4]. The molecule has 0 aliphatic heterocycles. The summed E-state index contributed by atoms with van der Waals surface area (Å²) in [7, 11) is -1.85. The van der Waals surface area contributed by atoms with Gasteiger partial charge in [0.25, 0.3) is 0 Å². The third-order valence-electron chi connectivity index (χ3n) is 8.00. The van der Waals surface area contributed by atoms with E-state index in [0.717, 1.165) is 0 Å². The van der Waals surface area contributed by atoms with Gasteiger partial charge >= 0.3 is 21.7 Å². The monoisotopic (exact) mass is 520 g/mol. The molecule has 1 aromatic rings. The number of allylic oxidation sites excluding steroid dienone is 4. The molecule has 2 atom stereocenters. The first-order valence-corrected chi connectivity index (χ1v) is 13.0. The predicted molar refractivity (Wildman–Crippen MR) is 120 cm³/mol. The van der Waals surface area contributed by atoms with Crippen molar-refractivity contribution in [2.45, 2.75) is 99.7 Å². The van der Waals surface area contributed by atoms with Crippen molar-refractivity contribution in [1.29, 1.82) is 0 Å². The molecular weight excluding hydrogens is 483 g/mol. The first kappa shape index (κ1) is 35.1. The van der Waals surface area contributed by atoms with Crippen molar-refractivity contribution in [1.82, 2.24) is 0 Å². The molecule has 0 amide bonds. The van der Waals surface area contributed by atoms with E-state index in [-0.39, 0.29) is 64.0 Å². The second-order valence-electron chi connectivity index (χ2n) is 9.06. The Bertz CT molecular complexity index is 784. The van der Waals surface area contributed by atoms with Crippen LogP contribution in [0.3, 0.4) is 0 Å². The molecule has 0 bridgehead atoms. The zero-order valence-corrected chi connectivity index (χ0v) is 25.6. The van der Waals surface area contributed by atoms with Crippen LogP contribution in [0, 0.1) is 40.7 Å². The minimum absolute atomic E-state index is 0. The van der Waals surface area contributed by atoms with Crippen LogP contribution in [0.15, 0.2) is 16.7 Å². The normalized spacial score (nSPS) is 19.6. The first-order chi connectivity index (χ1) is 11.9. The molecule has 168 valence electrons. The smallest absolute Gasteiger partial charge is 1.00 e. The standard InChI is InChI=1S/C25H39Si.3ClH.Ti/c1-12-13-14-26(11,25(10)15-16(2)17(3)23(25)9)24-21(7)19(5)18(4)20(6)22(24)8;;;;/h12-14H2,1-11H3;3*1H;/q-1;;;;+4/p-3. The van der Waals surface area contributed by atoms with Crippen molar-refractivity contribution in [3.63, 3.8) is 0 Å². The van der Waals surface area contributed by atoms with Gasteiger partial charge in [0.15, 0.2) is 0 Å². The molecule has 0 nitrogen and oxygen atoms in total. The van der Waals surface area contributed by atoms with Gasteiger partial charge < -0.3 is 37.2 Å². The Morgan fingerprint density at radius 2 is 1.17 bits per heavy atom. The third kappa shape index (κ3) is 5.35. The maximum atomic E-state index is 3.99. The van der Waals surface area contributed by atoms with Gasteiger partial charge in [-0.1, -0.05) is 63.4 Å². The molecule has 2 unspecified atom stereocenters. The Morgan fingerprint density at radius 3 is 1.50 bits per heavy atom. The Balaban J connectivity index is -0.00000182. The fourth-order valence-electron chi connectivity index (χ4n) is 5.25. The van der Waals surface area contributed by atoms with Crippen LogP contribution in [-0.2, 0) is 21.7 Å². The molecule has 1 aliphatic carbocycles. The maximum Gasteiger partial charge on any atom is 4.00 e. The van der Waals surface area contributed by atoms with Gasteiger partial charge in [-0.05, 0) is 62.4 Å². The van der Waals surface area contributed by atoms with Gasteiger partial charge in [-0.2, -0.15) is 11.1 Å². The third-order valence-corrected chi connectivity index (χ3v) is 13.9. The average molecular weight is 522 g/mol. The van der Waals surface area contributed by atoms with Crippen LogP contribution in [0.5, 0.6) is 0 Å². The topological polar surface area (TPSA) is 0 Å². The number of benzene rings is 1. The van der Waals surface area contributed by atoms with Crippen molar-refractivity contribution in [3.8, 4) is 0 Å². The minimum Gasteiger partial charge on any atom is -1.00 e. The summed E-state index contributed by atoms with van der Waals surface area (Å²) in [4.78, 5) is 0. The summed E-state index contributed by atoms with van der Waals surface area (Å²) in [6.45, 7) is 26.1. The fraction of sp³-hybridized carbons (Fsp3) is 0.600. The second-order valence-corrected chi connectivity index (χ2v) is 13.7. The van der Waals surface area contributed by atoms with Gasteiger partial charge in [-0.15, -0.1) is 6.92 Å². The van der Waals surface area contributed by atoms with Gasteiger partial charge in [0, 0.05) is 0 Å². The summed E-state index contributed by atoms with van der Waals surface area (Å²) in [5, 5.41) is 1.81. The van der Waals surface area contributed by atoms with Gasteiger partial charge in [-0.3, -0.25) is 6.08 Å². The zero-order valence-electron chi connectivity index (χ0n) is 20.8. The minimum atomic E-state index is -1.85. The van der Waals surface area contributed by atoms with Crippen molar-refractivity contribution in [2.75, 3.05) is 0 Å². The second kappa shape index (κ2) is 12.7. The molecule has 2 rings (SSSR count). The van der Waals surface area contributed by atoms with Crippen molar-refractivity contribution in [3.05, 3.63) is 50.6 Å². The molecule has 0 saturated heterocycles. The molecule has 1 aromatic carbocycles. The zero-order chi connectivity index (χ0) is 20.0. The number of hydrogen-bond donors (Lipinski definition) is 0. The summed E-state index contributed by atoms with van der Waals surface area (Å²) >= 11 is 0. The first-order valence-electron chi connectivity index (χ1n) is 10.3. The summed E-state index contributed by atoms with van der Waals surface area (Å²) in [5.74, 6) is 0. The predicted octanol–water partition coefficient (Wildman–Crippen LogP) is -1.82. The Morgan fingerprint density at radius 1 is 0.767 bits per heavy atom. The molecule has 1 aliphatic rings. The molecule has 0 N–H and O–H groups in total. The molecule has 0 spiro atoms. The van der Waals surface area contributed by atoms with Crippen molar-refractivity contribution < 1.29 is 58.9 Å². The van der Waals surface area contributed by atoms with Crippen LogP contribution >= 0.6 is 0 Å². The molecule has 0 saturated carbocycles. The van der Waals surface area contributed by atoms with E-state index >= 15 is 0 Å². The number of hydrogen-bond acceptors (Lipinski definition) is 0. The van der Waals surface area contributed by atoms with Crippen LogP contribution in [0.4, 0.5) is 0 Å². The summed E-state index contributed by atoms with van der Waals surface area (Å²) in [6.07, 6.45) is 6.57.